The van der Waals surface area contributed by atoms with Gasteiger partial charge in [0.1, 0.15) is 0 Å². The summed E-state index contributed by atoms with van der Waals surface area (Å²) < 4.78 is 0. The highest BCUT2D eigenvalue weighted by molar-refractivity contribution is 6.16. The Hall–Kier alpha value is -2.22. The van der Waals surface area contributed by atoms with Crippen LogP contribution < -0.4 is 0 Å². The van der Waals surface area contributed by atoms with Gasteiger partial charge in [-0.25, -0.2) is 0 Å². The van der Waals surface area contributed by atoms with Crippen LogP contribution in [0.1, 0.15) is 67.1 Å². The van der Waals surface area contributed by atoms with Crippen LogP contribution in [0.5, 0.6) is 0 Å². The van der Waals surface area contributed by atoms with Gasteiger partial charge in [0.25, 0.3) is 0 Å². The highest BCUT2D eigenvalue weighted by Gasteiger charge is 2.28. The maximum atomic E-state index is 12.7. The number of aryl methyl sites for hydroxylation is 1. The van der Waals surface area contributed by atoms with E-state index in [0.717, 1.165) is 24.1 Å². The number of hydrogen-bond donors (Lipinski definition) is 0. The lowest BCUT2D eigenvalue weighted by molar-refractivity contribution is 0.100. The van der Waals surface area contributed by atoms with Crippen molar-refractivity contribution in [3.8, 4) is 0 Å². The SMILES string of the molecule is CCCCc1ccc2c(c1)C(CC(=O)c1ccccc1)=NC(C)(C)C2. The Morgan fingerprint density at radius 1 is 1.12 bits per heavy atom. The van der Waals surface area contributed by atoms with Crippen LogP contribution in [0.4, 0.5) is 0 Å². The summed E-state index contributed by atoms with van der Waals surface area (Å²) in [6.45, 7) is 6.51. The number of carbonyl (C=O) groups is 1. The lowest BCUT2D eigenvalue weighted by Gasteiger charge is -2.29. The molecule has 0 radical (unpaired) electrons. The molecule has 0 amide bonds. The molecule has 0 unspecified atom stereocenters. The molecule has 0 spiro atoms. The normalized spacial score (nSPS) is 15.4. The summed E-state index contributed by atoms with van der Waals surface area (Å²) in [6, 6.07) is 16.3. The van der Waals surface area contributed by atoms with E-state index in [1.807, 2.05) is 30.3 Å². The molecule has 0 saturated heterocycles. The van der Waals surface area contributed by atoms with Gasteiger partial charge in [-0.15, -0.1) is 0 Å². The molecule has 1 aliphatic heterocycles. The maximum absolute atomic E-state index is 12.7. The van der Waals surface area contributed by atoms with Crippen molar-refractivity contribution < 1.29 is 4.79 Å². The van der Waals surface area contributed by atoms with Crippen LogP contribution in [0, 0.1) is 0 Å². The first kappa shape index (κ1) is 17.6. The van der Waals surface area contributed by atoms with Crippen LogP contribution in [-0.4, -0.2) is 17.0 Å². The highest BCUT2D eigenvalue weighted by atomic mass is 16.1. The van der Waals surface area contributed by atoms with E-state index < -0.39 is 0 Å². The quantitative estimate of drug-likeness (QED) is 0.648. The van der Waals surface area contributed by atoms with Gasteiger partial charge in [0.15, 0.2) is 5.78 Å². The summed E-state index contributed by atoms with van der Waals surface area (Å²) in [5.74, 6) is 0.141. The standard InChI is InChI=1S/C23H27NO/c1-4-5-9-17-12-13-19-16-23(2,3)24-21(20(19)14-17)15-22(25)18-10-7-6-8-11-18/h6-8,10-14H,4-5,9,15-16H2,1-3H3. The Morgan fingerprint density at radius 3 is 2.60 bits per heavy atom. The van der Waals surface area contributed by atoms with Crippen molar-refractivity contribution in [2.24, 2.45) is 4.99 Å². The molecule has 0 N–H and O–H groups in total. The second-order valence-corrected chi connectivity index (χ2v) is 7.61. The monoisotopic (exact) mass is 333 g/mol. The highest BCUT2D eigenvalue weighted by Crippen LogP contribution is 2.29. The van der Waals surface area contributed by atoms with Crippen LogP contribution in [0.3, 0.4) is 0 Å². The third-order valence-corrected chi connectivity index (χ3v) is 4.79. The number of fused-ring (bicyclic) bond motifs is 1. The van der Waals surface area contributed by atoms with Crippen molar-refractivity contribution in [1.82, 2.24) is 0 Å². The molecule has 3 rings (SSSR count). The molecule has 0 saturated carbocycles. The molecule has 0 atom stereocenters. The summed E-state index contributed by atoms with van der Waals surface area (Å²) in [6.07, 6.45) is 4.78. The van der Waals surface area contributed by atoms with Crippen molar-refractivity contribution in [1.29, 1.82) is 0 Å². The van der Waals surface area contributed by atoms with E-state index >= 15 is 0 Å². The molecule has 2 aromatic carbocycles. The topological polar surface area (TPSA) is 29.4 Å². The van der Waals surface area contributed by atoms with Crippen LogP contribution in [-0.2, 0) is 12.8 Å². The molecule has 1 heterocycles. The predicted molar refractivity (Wildman–Crippen MR) is 105 cm³/mol. The van der Waals surface area contributed by atoms with E-state index in [2.05, 4.69) is 39.0 Å². The Kier molecular flexibility index (Phi) is 5.17. The molecule has 0 fully saturated rings. The van der Waals surface area contributed by atoms with Crippen LogP contribution in [0.15, 0.2) is 53.5 Å². The van der Waals surface area contributed by atoms with Crippen LogP contribution in [0.2, 0.25) is 0 Å². The zero-order chi connectivity index (χ0) is 17.9. The Balaban J connectivity index is 1.92. The molecule has 2 heteroatoms. The molecule has 25 heavy (non-hydrogen) atoms. The van der Waals surface area contributed by atoms with Crippen molar-refractivity contribution in [3.63, 3.8) is 0 Å². The molecule has 0 aliphatic carbocycles. The fraction of sp³-hybridized carbons (Fsp3) is 0.391. The minimum Gasteiger partial charge on any atom is -0.294 e. The second kappa shape index (κ2) is 7.35. The zero-order valence-electron chi connectivity index (χ0n) is 15.5. The molecular weight excluding hydrogens is 306 g/mol. The third kappa shape index (κ3) is 4.25. The van der Waals surface area contributed by atoms with E-state index in [1.54, 1.807) is 0 Å². The van der Waals surface area contributed by atoms with E-state index in [-0.39, 0.29) is 11.3 Å². The van der Waals surface area contributed by atoms with Gasteiger partial charge in [-0.2, -0.15) is 0 Å². The van der Waals surface area contributed by atoms with Gasteiger partial charge in [0, 0.05) is 5.56 Å². The summed E-state index contributed by atoms with van der Waals surface area (Å²) in [7, 11) is 0. The van der Waals surface area contributed by atoms with Gasteiger partial charge in [0.2, 0.25) is 0 Å². The number of benzene rings is 2. The molecule has 130 valence electrons. The van der Waals surface area contributed by atoms with Crippen molar-refractivity contribution in [2.75, 3.05) is 0 Å². The van der Waals surface area contributed by atoms with E-state index in [0.29, 0.717) is 6.42 Å². The van der Waals surface area contributed by atoms with Gasteiger partial charge in [-0.05, 0) is 55.9 Å². The Labute approximate surface area is 151 Å². The number of aliphatic imine (C=N–C) groups is 1. The minimum absolute atomic E-state index is 0.141. The molecule has 2 aromatic rings. The van der Waals surface area contributed by atoms with Crippen molar-refractivity contribution >= 4 is 11.5 Å². The summed E-state index contributed by atoms with van der Waals surface area (Å²) in [4.78, 5) is 17.6. The van der Waals surface area contributed by atoms with Gasteiger partial charge >= 0.3 is 0 Å². The molecule has 0 aromatic heterocycles. The first-order valence-electron chi connectivity index (χ1n) is 9.27. The predicted octanol–water partition coefficient (Wildman–Crippen LogP) is 5.43. The third-order valence-electron chi connectivity index (χ3n) is 4.79. The zero-order valence-corrected chi connectivity index (χ0v) is 15.5. The number of rotatable bonds is 6. The fourth-order valence-electron chi connectivity index (χ4n) is 3.53. The maximum Gasteiger partial charge on any atom is 0.168 e. The molecule has 1 aliphatic rings. The van der Waals surface area contributed by atoms with Crippen molar-refractivity contribution in [2.45, 2.75) is 58.4 Å². The lowest BCUT2D eigenvalue weighted by Crippen LogP contribution is -2.30. The van der Waals surface area contributed by atoms with Gasteiger partial charge in [0.05, 0.1) is 17.7 Å². The molecule has 2 nitrogen and oxygen atoms in total. The summed E-state index contributed by atoms with van der Waals surface area (Å²) >= 11 is 0. The smallest absolute Gasteiger partial charge is 0.168 e. The average Bonchev–Trinajstić information content (AvgIpc) is 2.60. The fourth-order valence-corrected chi connectivity index (χ4v) is 3.53. The van der Waals surface area contributed by atoms with E-state index in [4.69, 9.17) is 4.99 Å². The largest absolute Gasteiger partial charge is 0.294 e. The summed E-state index contributed by atoms with van der Waals surface area (Å²) in [5.41, 5.74) is 5.40. The number of ketones is 1. The second-order valence-electron chi connectivity index (χ2n) is 7.61. The Bertz CT molecular complexity index is 787. The number of Topliss-reactive ketones (excluding diaryl/α,β-unsaturated/α-hetero) is 1. The van der Waals surface area contributed by atoms with E-state index in [1.165, 1.54) is 29.5 Å². The van der Waals surface area contributed by atoms with Gasteiger partial charge in [-0.1, -0.05) is 55.8 Å². The minimum atomic E-state index is -0.149. The number of nitrogens with zero attached hydrogens (tertiary/aromatic N) is 1. The number of hydrogen-bond acceptors (Lipinski definition) is 2. The average molecular weight is 333 g/mol. The molecular formula is C23H27NO. The first-order valence-corrected chi connectivity index (χ1v) is 9.27. The molecule has 0 bridgehead atoms. The van der Waals surface area contributed by atoms with Crippen LogP contribution >= 0.6 is 0 Å². The van der Waals surface area contributed by atoms with Gasteiger partial charge < -0.3 is 0 Å². The summed E-state index contributed by atoms with van der Waals surface area (Å²) in [5, 5.41) is 0. The van der Waals surface area contributed by atoms with Crippen molar-refractivity contribution in [3.05, 3.63) is 70.8 Å². The number of unbranched alkanes of at least 4 members (excludes halogenated alkanes) is 1. The van der Waals surface area contributed by atoms with Crippen LogP contribution in [0.25, 0.3) is 0 Å². The lowest BCUT2D eigenvalue weighted by atomic mass is 9.84. The first-order chi connectivity index (χ1) is 12.0. The number of carbonyl (C=O) groups excluding carboxylic acids is 1. The van der Waals surface area contributed by atoms with Gasteiger partial charge in [-0.3, -0.25) is 9.79 Å². The van der Waals surface area contributed by atoms with E-state index in [9.17, 15) is 4.79 Å². The Morgan fingerprint density at radius 2 is 1.88 bits per heavy atom.